The predicted octanol–water partition coefficient (Wildman–Crippen LogP) is 3.39. The van der Waals surface area contributed by atoms with Crippen molar-refractivity contribution >= 4 is 11.1 Å². The molecule has 1 aromatic carbocycles. The van der Waals surface area contributed by atoms with Crippen LogP contribution in [0.3, 0.4) is 0 Å². The molecule has 1 N–H and O–H groups in total. The van der Waals surface area contributed by atoms with Crippen LogP contribution in [0.4, 0.5) is 0 Å². The van der Waals surface area contributed by atoms with E-state index in [1.54, 1.807) is 0 Å². The summed E-state index contributed by atoms with van der Waals surface area (Å²) in [7, 11) is 2.05. The predicted molar refractivity (Wildman–Crippen MR) is 77.1 cm³/mol. The molecule has 1 aliphatic rings. The molecule has 102 valence electrons. The van der Waals surface area contributed by atoms with E-state index in [1.165, 1.54) is 19.3 Å². The zero-order valence-corrected chi connectivity index (χ0v) is 11.7. The Kier molecular flexibility index (Phi) is 3.56. The van der Waals surface area contributed by atoms with Gasteiger partial charge in [-0.05, 0) is 37.4 Å². The maximum absolute atomic E-state index is 5.84. The molecule has 1 heterocycles. The maximum atomic E-state index is 5.84. The minimum Gasteiger partial charge on any atom is -0.441 e. The summed E-state index contributed by atoms with van der Waals surface area (Å²) < 4.78 is 5.84. The first-order chi connectivity index (χ1) is 9.28. The fourth-order valence-electron chi connectivity index (χ4n) is 3.43. The van der Waals surface area contributed by atoms with Crippen molar-refractivity contribution in [3.8, 4) is 0 Å². The quantitative estimate of drug-likeness (QED) is 0.913. The molecular weight excluding hydrogens is 236 g/mol. The molecule has 1 saturated carbocycles. The highest BCUT2D eigenvalue weighted by Gasteiger charge is 2.31. The summed E-state index contributed by atoms with van der Waals surface area (Å²) in [5.41, 5.74) is 1.86. The first-order valence-corrected chi connectivity index (χ1v) is 7.29. The van der Waals surface area contributed by atoms with Crippen molar-refractivity contribution in [2.45, 2.75) is 38.6 Å². The molecule has 0 bridgehead atoms. The van der Waals surface area contributed by atoms with Crippen molar-refractivity contribution in [1.82, 2.24) is 10.3 Å². The number of fused-ring (bicyclic) bond motifs is 1. The van der Waals surface area contributed by atoms with Crippen LogP contribution in [0, 0.1) is 11.8 Å². The van der Waals surface area contributed by atoms with Crippen LogP contribution >= 0.6 is 0 Å². The van der Waals surface area contributed by atoms with E-state index in [1.807, 2.05) is 24.3 Å². The maximum Gasteiger partial charge on any atom is 0.197 e. The van der Waals surface area contributed by atoms with Gasteiger partial charge in [-0.25, -0.2) is 4.98 Å². The minimum atomic E-state index is 0.477. The third kappa shape index (κ3) is 2.52. The number of nitrogens with zero attached hydrogens (tertiary/aromatic N) is 1. The Bertz CT molecular complexity index is 515. The van der Waals surface area contributed by atoms with Crippen molar-refractivity contribution in [1.29, 1.82) is 0 Å². The summed E-state index contributed by atoms with van der Waals surface area (Å²) in [5, 5.41) is 3.47. The Morgan fingerprint density at radius 2 is 2.21 bits per heavy atom. The molecule has 0 amide bonds. The molecule has 0 aliphatic heterocycles. The molecule has 0 spiro atoms. The van der Waals surface area contributed by atoms with Crippen LogP contribution in [0.15, 0.2) is 28.7 Å². The molecule has 2 aromatic rings. The zero-order chi connectivity index (χ0) is 13.2. The van der Waals surface area contributed by atoms with Crippen LogP contribution in [-0.4, -0.2) is 18.1 Å². The molecule has 1 aliphatic carbocycles. The first-order valence-electron chi connectivity index (χ1n) is 7.29. The van der Waals surface area contributed by atoms with Gasteiger partial charge in [0.25, 0.3) is 0 Å². The average Bonchev–Trinajstić information content (AvgIpc) is 3.01. The highest BCUT2D eigenvalue weighted by Crippen LogP contribution is 2.34. The smallest absolute Gasteiger partial charge is 0.197 e. The van der Waals surface area contributed by atoms with Crippen LogP contribution in [0.25, 0.3) is 11.1 Å². The minimum absolute atomic E-state index is 0.477. The lowest BCUT2D eigenvalue weighted by atomic mass is 9.88. The first kappa shape index (κ1) is 12.7. The van der Waals surface area contributed by atoms with E-state index in [4.69, 9.17) is 4.42 Å². The van der Waals surface area contributed by atoms with Gasteiger partial charge in [0.05, 0.1) is 0 Å². The third-order valence-corrected chi connectivity index (χ3v) is 4.55. The van der Waals surface area contributed by atoms with Gasteiger partial charge in [-0.15, -0.1) is 0 Å². The Hall–Kier alpha value is -1.35. The van der Waals surface area contributed by atoms with E-state index in [9.17, 15) is 0 Å². The van der Waals surface area contributed by atoms with Gasteiger partial charge in [-0.2, -0.15) is 0 Å². The lowest BCUT2D eigenvalue weighted by Gasteiger charge is -2.25. The molecule has 3 heteroatoms. The SMILES string of the molecule is CNC(Cc1nc2ccccc2o1)C1CCCC1C. The van der Waals surface area contributed by atoms with Gasteiger partial charge < -0.3 is 9.73 Å². The molecule has 3 unspecified atom stereocenters. The topological polar surface area (TPSA) is 38.1 Å². The van der Waals surface area contributed by atoms with Crippen molar-refractivity contribution in [3.63, 3.8) is 0 Å². The van der Waals surface area contributed by atoms with E-state index < -0.39 is 0 Å². The number of aromatic nitrogens is 1. The number of para-hydroxylation sites is 2. The lowest BCUT2D eigenvalue weighted by Crippen LogP contribution is -2.36. The van der Waals surface area contributed by atoms with Crippen LogP contribution in [-0.2, 0) is 6.42 Å². The highest BCUT2D eigenvalue weighted by molar-refractivity contribution is 5.72. The van der Waals surface area contributed by atoms with Gasteiger partial charge in [0, 0.05) is 12.5 Å². The van der Waals surface area contributed by atoms with Crippen LogP contribution in [0.5, 0.6) is 0 Å². The molecule has 3 atom stereocenters. The van der Waals surface area contributed by atoms with E-state index >= 15 is 0 Å². The second-order valence-electron chi connectivity index (χ2n) is 5.75. The number of hydrogen-bond donors (Lipinski definition) is 1. The summed E-state index contributed by atoms with van der Waals surface area (Å²) in [6.45, 7) is 2.37. The Morgan fingerprint density at radius 3 is 2.89 bits per heavy atom. The molecule has 0 saturated heterocycles. The molecule has 3 nitrogen and oxygen atoms in total. The molecule has 1 aromatic heterocycles. The van der Waals surface area contributed by atoms with Gasteiger partial charge in [-0.3, -0.25) is 0 Å². The number of likely N-dealkylation sites (N-methyl/N-ethyl adjacent to an activating group) is 1. The standard InChI is InChI=1S/C16H22N2O/c1-11-6-5-7-12(11)14(17-2)10-16-18-13-8-3-4-9-15(13)19-16/h3-4,8-9,11-12,14,17H,5-7,10H2,1-2H3. The third-order valence-electron chi connectivity index (χ3n) is 4.55. The fourth-order valence-corrected chi connectivity index (χ4v) is 3.43. The molecular formula is C16H22N2O. The fraction of sp³-hybridized carbons (Fsp3) is 0.562. The summed E-state index contributed by atoms with van der Waals surface area (Å²) >= 11 is 0. The van der Waals surface area contributed by atoms with Gasteiger partial charge >= 0.3 is 0 Å². The van der Waals surface area contributed by atoms with Crippen molar-refractivity contribution in [2.24, 2.45) is 11.8 Å². The van der Waals surface area contributed by atoms with Crippen molar-refractivity contribution in [3.05, 3.63) is 30.2 Å². The number of oxazole rings is 1. The molecule has 19 heavy (non-hydrogen) atoms. The van der Waals surface area contributed by atoms with Crippen molar-refractivity contribution in [2.75, 3.05) is 7.05 Å². The van der Waals surface area contributed by atoms with Crippen LogP contribution in [0.2, 0.25) is 0 Å². The van der Waals surface area contributed by atoms with Crippen LogP contribution < -0.4 is 5.32 Å². The summed E-state index contributed by atoms with van der Waals surface area (Å²) in [6, 6.07) is 8.47. The number of rotatable bonds is 4. The number of hydrogen-bond acceptors (Lipinski definition) is 3. The summed E-state index contributed by atoms with van der Waals surface area (Å²) in [6.07, 6.45) is 4.93. The van der Waals surface area contributed by atoms with Gasteiger partial charge in [0.15, 0.2) is 11.5 Å². The zero-order valence-electron chi connectivity index (χ0n) is 11.7. The van der Waals surface area contributed by atoms with Gasteiger partial charge in [0.1, 0.15) is 5.52 Å². The largest absolute Gasteiger partial charge is 0.441 e. The summed E-state index contributed by atoms with van der Waals surface area (Å²) in [4.78, 5) is 4.59. The van der Waals surface area contributed by atoms with E-state index in [0.29, 0.717) is 6.04 Å². The molecule has 1 fully saturated rings. The monoisotopic (exact) mass is 258 g/mol. The highest BCUT2D eigenvalue weighted by atomic mass is 16.3. The van der Waals surface area contributed by atoms with E-state index in [0.717, 1.165) is 35.2 Å². The van der Waals surface area contributed by atoms with Crippen molar-refractivity contribution < 1.29 is 4.42 Å². The summed E-state index contributed by atoms with van der Waals surface area (Å²) in [5.74, 6) is 2.42. The Morgan fingerprint density at radius 1 is 1.37 bits per heavy atom. The van der Waals surface area contributed by atoms with E-state index in [-0.39, 0.29) is 0 Å². The molecule has 0 radical (unpaired) electrons. The van der Waals surface area contributed by atoms with Gasteiger partial charge in [0.2, 0.25) is 0 Å². The molecule has 3 rings (SSSR count). The van der Waals surface area contributed by atoms with E-state index in [2.05, 4.69) is 24.3 Å². The average molecular weight is 258 g/mol. The number of nitrogens with one attached hydrogen (secondary N) is 1. The Labute approximate surface area is 114 Å². The van der Waals surface area contributed by atoms with Gasteiger partial charge in [-0.1, -0.05) is 31.9 Å². The normalized spacial score (nSPS) is 24.9. The number of benzene rings is 1. The second-order valence-corrected chi connectivity index (χ2v) is 5.75. The second kappa shape index (κ2) is 5.33. The lowest BCUT2D eigenvalue weighted by molar-refractivity contribution is 0.294. The van der Waals surface area contributed by atoms with Crippen LogP contribution in [0.1, 0.15) is 32.1 Å². The Balaban J connectivity index is 1.78.